The molecule has 4 rings (SSSR count). The third-order valence-corrected chi connectivity index (χ3v) is 4.67. The zero-order valence-electron chi connectivity index (χ0n) is 14.7. The molecule has 0 fully saturated rings. The Balaban J connectivity index is 1.57. The number of benzene rings is 2. The van der Waals surface area contributed by atoms with E-state index < -0.39 is 0 Å². The topological polar surface area (TPSA) is 46.6 Å². The normalized spacial score (nSPS) is 11.5. The second-order valence-corrected chi connectivity index (χ2v) is 6.79. The van der Waals surface area contributed by atoms with E-state index in [-0.39, 0.29) is 0 Å². The van der Waals surface area contributed by atoms with E-state index in [1.807, 2.05) is 37.3 Å². The van der Waals surface area contributed by atoms with Crippen molar-refractivity contribution in [2.45, 2.75) is 20.0 Å². The molecule has 0 spiro atoms. The molecule has 6 heteroatoms. The van der Waals surface area contributed by atoms with Crippen LogP contribution in [-0.2, 0) is 13.1 Å². The first kappa shape index (κ1) is 16.8. The molecule has 4 aromatic rings. The molecule has 0 bridgehead atoms. The number of rotatable bonds is 5. The van der Waals surface area contributed by atoms with Crippen molar-refractivity contribution in [1.29, 1.82) is 0 Å². The van der Waals surface area contributed by atoms with Gasteiger partial charge in [0.15, 0.2) is 5.82 Å². The Morgan fingerprint density at radius 2 is 1.77 bits per heavy atom. The van der Waals surface area contributed by atoms with Crippen LogP contribution in [0.15, 0.2) is 59.0 Å². The van der Waals surface area contributed by atoms with Crippen molar-refractivity contribution < 1.29 is 4.42 Å². The monoisotopic (exact) mass is 366 g/mol. The lowest BCUT2D eigenvalue weighted by Crippen LogP contribution is -2.17. The van der Waals surface area contributed by atoms with Crippen LogP contribution in [0.5, 0.6) is 0 Å². The number of oxazole rings is 1. The molecule has 0 atom stereocenters. The first-order valence-corrected chi connectivity index (χ1v) is 8.82. The van der Waals surface area contributed by atoms with E-state index in [2.05, 4.69) is 46.3 Å². The summed E-state index contributed by atoms with van der Waals surface area (Å²) in [6.45, 7) is 3.53. The van der Waals surface area contributed by atoms with Gasteiger partial charge >= 0.3 is 5.84 Å². The summed E-state index contributed by atoms with van der Waals surface area (Å²) in [6, 6.07) is 17.9. The fourth-order valence-corrected chi connectivity index (χ4v) is 3.20. The number of hydrogen-bond donors (Lipinski definition) is 0. The number of hydrogen-bond acceptors (Lipinski definition) is 4. The van der Waals surface area contributed by atoms with Crippen LogP contribution in [0.4, 0.5) is 0 Å². The Morgan fingerprint density at radius 3 is 2.50 bits per heavy atom. The van der Waals surface area contributed by atoms with Crippen LogP contribution >= 0.6 is 11.6 Å². The van der Waals surface area contributed by atoms with E-state index in [4.69, 9.17) is 16.0 Å². The highest BCUT2D eigenvalue weighted by Gasteiger charge is 2.18. The standard InChI is InChI=1S/C20H19ClN4O/c1-14-18(13-24(2)12-15-8-4-3-5-9-15)26-20-22-19(23-25(14)20)16-10-6-7-11-17(16)21/h3-11H,12-13H2,1-2H3. The minimum absolute atomic E-state index is 0.487. The molecule has 26 heavy (non-hydrogen) atoms. The molecule has 2 aromatic heterocycles. The summed E-state index contributed by atoms with van der Waals surface area (Å²) in [5.74, 6) is 1.92. The molecule has 0 saturated carbocycles. The number of aryl methyl sites for hydroxylation is 1. The van der Waals surface area contributed by atoms with Gasteiger partial charge in [-0.1, -0.05) is 54.1 Å². The van der Waals surface area contributed by atoms with Crippen LogP contribution in [0.1, 0.15) is 17.0 Å². The molecule has 0 aliphatic carbocycles. The van der Waals surface area contributed by atoms with Crippen LogP contribution < -0.4 is 0 Å². The van der Waals surface area contributed by atoms with Crippen molar-refractivity contribution in [1.82, 2.24) is 19.5 Å². The van der Waals surface area contributed by atoms with Crippen molar-refractivity contribution in [3.63, 3.8) is 0 Å². The highest BCUT2D eigenvalue weighted by Crippen LogP contribution is 2.26. The molecule has 132 valence electrons. The smallest absolute Gasteiger partial charge is 0.325 e. The van der Waals surface area contributed by atoms with Crippen LogP contribution in [0.2, 0.25) is 5.02 Å². The van der Waals surface area contributed by atoms with Crippen LogP contribution in [0.3, 0.4) is 0 Å². The molecule has 0 aliphatic rings. The Hall–Kier alpha value is -2.63. The van der Waals surface area contributed by atoms with Gasteiger partial charge in [0.05, 0.1) is 17.3 Å². The Labute approximate surface area is 156 Å². The highest BCUT2D eigenvalue weighted by molar-refractivity contribution is 6.33. The fourth-order valence-electron chi connectivity index (χ4n) is 2.98. The maximum Gasteiger partial charge on any atom is 0.325 e. The summed E-state index contributed by atoms with van der Waals surface area (Å²) in [4.78, 5) is 6.70. The van der Waals surface area contributed by atoms with Crippen molar-refractivity contribution in [2.24, 2.45) is 0 Å². The van der Waals surface area contributed by atoms with Gasteiger partial charge in [0, 0.05) is 12.1 Å². The zero-order chi connectivity index (χ0) is 18.1. The van der Waals surface area contributed by atoms with Crippen LogP contribution in [0.25, 0.3) is 17.2 Å². The number of halogens is 1. The second kappa shape index (κ2) is 6.94. The van der Waals surface area contributed by atoms with Crippen LogP contribution in [0, 0.1) is 6.92 Å². The molecule has 0 N–H and O–H groups in total. The molecule has 0 amide bonds. The van der Waals surface area contributed by atoms with Gasteiger partial charge < -0.3 is 4.42 Å². The average molecular weight is 367 g/mol. The van der Waals surface area contributed by atoms with Crippen molar-refractivity contribution in [2.75, 3.05) is 7.05 Å². The second-order valence-electron chi connectivity index (χ2n) is 6.38. The average Bonchev–Trinajstić information content (AvgIpc) is 3.16. The van der Waals surface area contributed by atoms with Gasteiger partial charge in [-0.05, 0) is 31.7 Å². The van der Waals surface area contributed by atoms with Crippen molar-refractivity contribution in [3.8, 4) is 11.4 Å². The third kappa shape index (κ3) is 3.23. The van der Waals surface area contributed by atoms with Gasteiger partial charge in [-0.25, -0.2) is 0 Å². The van der Waals surface area contributed by atoms with Gasteiger partial charge in [0.25, 0.3) is 0 Å². The molecule has 0 aliphatic heterocycles. The van der Waals surface area contributed by atoms with E-state index in [1.54, 1.807) is 4.52 Å². The van der Waals surface area contributed by atoms with Gasteiger partial charge in [0.1, 0.15) is 5.76 Å². The van der Waals surface area contributed by atoms with Gasteiger partial charge in [0.2, 0.25) is 0 Å². The summed E-state index contributed by atoms with van der Waals surface area (Å²) in [5, 5.41) is 5.19. The predicted molar refractivity (Wildman–Crippen MR) is 102 cm³/mol. The van der Waals surface area contributed by atoms with E-state index in [0.717, 1.165) is 23.6 Å². The molecular formula is C20H19ClN4O. The first-order valence-electron chi connectivity index (χ1n) is 8.44. The summed E-state index contributed by atoms with van der Waals surface area (Å²) in [7, 11) is 2.07. The van der Waals surface area contributed by atoms with E-state index in [9.17, 15) is 0 Å². The summed E-state index contributed by atoms with van der Waals surface area (Å²) >= 11 is 6.24. The number of aromatic nitrogens is 3. The van der Waals surface area contributed by atoms with E-state index >= 15 is 0 Å². The Bertz CT molecular complexity index is 1040. The lowest BCUT2D eigenvalue weighted by Gasteiger charge is -2.15. The van der Waals surface area contributed by atoms with E-state index in [0.29, 0.717) is 23.2 Å². The fraction of sp³-hybridized carbons (Fsp3) is 0.200. The lowest BCUT2D eigenvalue weighted by molar-refractivity contribution is 0.290. The molecule has 2 aromatic carbocycles. The quantitative estimate of drug-likeness (QED) is 0.518. The number of nitrogens with zero attached hydrogens (tertiary/aromatic N) is 4. The van der Waals surface area contributed by atoms with Crippen molar-refractivity contribution in [3.05, 3.63) is 76.6 Å². The maximum absolute atomic E-state index is 6.24. The molecule has 0 saturated heterocycles. The summed E-state index contributed by atoms with van der Waals surface area (Å²) in [6.07, 6.45) is 0. The van der Waals surface area contributed by atoms with Crippen LogP contribution in [-0.4, -0.2) is 26.5 Å². The van der Waals surface area contributed by atoms with E-state index in [1.165, 1.54) is 5.56 Å². The predicted octanol–water partition coefficient (Wildman–Crippen LogP) is 4.58. The first-order chi connectivity index (χ1) is 12.6. The molecule has 5 nitrogen and oxygen atoms in total. The van der Waals surface area contributed by atoms with Gasteiger partial charge in [-0.3, -0.25) is 4.90 Å². The van der Waals surface area contributed by atoms with Gasteiger partial charge in [-0.2, -0.15) is 9.50 Å². The maximum atomic E-state index is 6.24. The minimum Gasteiger partial charge on any atom is -0.425 e. The van der Waals surface area contributed by atoms with Crippen molar-refractivity contribution >= 4 is 17.4 Å². The minimum atomic E-state index is 0.487. The highest BCUT2D eigenvalue weighted by atomic mass is 35.5. The zero-order valence-corrected chi connectivity index (χ0v) is 15.4. The lowest BCUT2D eigenvalue weighted by atomic mass is 10.2. The summed E-state index contributed by atoms with van der Waals surface area (Å²) in [5.41, 5.74) is 3.02. The molecule has 0 radical (unpaired) electrons. The third-order valence-electron chi connectivity index (χ3n) is 4.34. The molecular weight excluding hydrogens is 348 g/mol. The molecule has 2 heterocycles. The number of fused-ring (bicyclic) bond motifs is 1. The Morgan fingerprint density at radius 1 is 1.04 bits per heavy atom. The van der Waals surface area contributed by atoms with Gasteiger partial charge in [-0.15, -0.1) is 5.10 Å². The SMILES string of the molecule is Cc1c(CN(C)Cc2ccccc2)oc2nc(-c3ccccc3Cl)nn12. The summed E-state index contributed by atoms with van der Waals surface area (Å²) < 4.78 is 7.69. The molecule has 0 unspecified atom stereocenters. The largest absolute Gasteiger partial charge is 0.425 e. The Kier molecular flexibility index (Phi) is 4.49.